The van der Waals surface area contributed by atoms with Gasteiger partial charge in [-0.3, -0.25) is 15.0 Å². The number of nitriles is 1. The first-order valence-corrected chi connectivity index (χ1v) is 9.42. The average Bonchev–Trinajstić information content (AvgIpc) is 3.10. The first-order chi connectivity index (χ1) is 12.8. The fourth-order valence-corrected chi connectivity index (χ4v) is 3.69. The minimum atomic E-state index is -1.23. The van der Waals surface area contributed by atoms with Gasteiger partial charge in [0.25, 0.3) is 5.91 Å². The van der Waals surface area contributed by atoms with Crippen LogP contribution < -0.4 is 5.32 Å². The topological polar surface area (TPSA) is 118 Å². The summed E-state index contributed by atoms with van der Waals surface area (Å²) in [5.74, 6) is -0.274. The third-order valence-corrected chi connectivity index (χ3v) is 5.41. The van der Waals surface area contributed by atoms with Crippen molar-refractivity contribution < 1.29 is 19.4 Å². The summed E-state index contributed by atoms with van der Waals surface area (Å²) < 4.78 is 5.30. The highest BCUT2D eigenvalue weighted by atomic mass is 16.5. The molecule has 2 aliphatic rings. The number of carbonyl (C=O) groups is 2. The number of rotatable bonds is 5. The zero-order chi connectivity index (χ0) is 19.9. The van der Waals surface area contributed by atoms with E-state index in [-0.39, 0.29) is 11.4 Å². The van der Waals surface area contributed by atoms with Crippen molar-refractivity contribution in [2.45, 2.75) is 51.5 Å². The maximum absolute atomic E-state index is 12.7. The number of hydrogen-bond donors (Lipinski definition) is 2. The van der Waals surface area contributed by atoms with E-state index in [4.69, 9.17) is 15.1 Å². The number of carbonyl (C=O) groups excluding carboxylic acids is 1. The molecule has 1 aliphatic carbocycles. The lowest BCUT2D eigenvalue weighted by molar-refractivity contribution is -0.128. The highest BCUT2D eigenvalue weighted by Crippen LogP contribution is 2.41. The highest BCUT2D eigenvalue weighted by molar-refractivity contribution is 5.95. The number of aliphatic imine (C=N–C) groups is 1. The van der Waals surface area contributed by atoms with Crippen LogP contribution in [0.5, 0.6) is 0 Å². The van der Waals surface area contributed by atoms with Gasteiger partial charge in [-0.2, -0.15) is 5.26 Å². The molecule has 2 fully saturated rings. The van der Waals surface area contributed by atoms with Gasteiger partial charge in [-0.25, -0.2) is 9.79 Å². The van der Waals surface area contributed by atoms with E-state index < -0.39 is 18.0 Å². The van der Waals surface area contributed by atoms with Crippen molar-refractivity contribution in [3.05, 3.63) is 0 Å². The maximum atomic E-state index is 12.7. The molecule has 9 nitrogen and oxygen atoms in total. The van der Waals surface area contributed by atoms with Crippen LogP contribution >= 0.6 is 0 Å². The molecule has 2 rings (SSSR count). The van der Waals surface area contributed by atoms with Crippen LogP contribution in [0.25, 0.3) is 0 Å². The van der Waals surface area contributed by atoms with Gasteiger partial charge in [-0.1, -0.05) is 19.8 Å². The SMILES string of the molecule is CN(C#N)C(=O)C(CCC1(C)CCCC1)N=C(NC(=O)O)N1CCOCC1. The van der Waals surface area contributed by atoms with Crippen molar-refractivity contribution in [2.75, 3.05) is 33.4 Å². The number of amides is 2. The molecule has 0 aromatic heterocycles. The third-order valence-electron chi connectivity index (χ3n) is 5.41. The number of hydrogen-bond acceptors (Lipinski definition) is 5. The first-order valence-electron chi connectivity index (χ1n) is 9.42. The summed E-state index contributed by atoms with van der Waals surface area (Å²) in [5, 5.41) is 20.6. The largest absolute Gasteiger partial charge is 0.465 e. The second kappa shape index (κ2) is 9.55. The first kappa shape index (κ1) is 21.0. The molecule has 27 heavy (non-hydrogen) atoms. The van der Waals surface area contributed by atoms with Gasteiger partial charge in [-0.15, -0.1) is 0 Å². The van der Waals surface area contributed by atoms with E-state index in [1.165, 1.54) is 19.9 Å². The lowest BCUT2D eigenvalue weighted by atomic mass is 9.82. The van der Waals surface area contributed by atoms with Crippen molar-refractivity contribution >= 4 is 18.0 Å². The second-order valence-corrected chi connectivity index (χ2v) is 7.55. The normalized spacial score (nSPS) is 20.6. The smallest absolute Gasteiger partial charge is 0.411 e. The molecule has 0 radical (unpaired) electrons. The predicted molar refractivity (Wildman–Crippen MR) is 99.0 cm³/mol. The van der Waals surface area contributed by atoms with Gasteiger partial charge < -0.3 is 14.7 Å². The number of nitrogens with zero attached hydrogens (tertiary/aromatic N) is 4. The van der Waals surface area contributed by atoms with E-state index in [1.54, 1.807) is 4.90 Å². The Balaban J connectivity index is 2.21. The Labute approximate surface area is 160 Å². The summed E-state index contributed by atoms with van der Waals surface area (Å²) in [6.07, 6.45) is 6.51. The van der Waals surface area contributed by atoms with E-state index in [2.05, 4.69) is 17.2 Å². The van der Waals surface area contributed by atoms with Crippen LogP contribution in [0.4, 0.5) is 4.79 Å². The molecular weight excluding hydrogens is 350 g/mol. The minimum Gasteiger partial charge on any atom is -0.465 e. The standard InChI is InChI=1S/C18H29N5O4/c1-18(6-3-4-7-18)8-5-14(15(24)22(2)13-19)20-16(21-17(25)26)23-9-11-27-12-10-23/h14H,3-12H2,1-2H3,(H,20,21)(H,25,26). The van der Waals surface area contributed by atoms with Crippen molar-refractivity contribution in [3.8, 4) is 6.19 Å². The fourth-order valence-electron chi connectivity index (χ4n) is 3.69. The molecule has 2 N–H and O–H groups in total. The Bertz CT molecular complexity index is 603. The molecule has 1 saturated carbocycles. The van der Waals surface area contributed by atoms with E-state index in [1.807, 2.05) is 6.19 Å². The Hall–Kier alpha value is -2.34. The molecule has 2 amide bonds. The average molecular weight is 379 g/mol. The lowest BCUT2D eigenvalue weighted by Gasteiger charge is -2.31. The molecule has 1 unspecified atom stereocenters. The fraction of sp³-hybridized carbons (Fsp3) is 0.778. The van der Waals surface area contributed by atoms with Crippen molar-refractivity contribution in [2.24, 2.45) is 10.4 Å². The van der Waals surface area contributed by atoms with Crippen molar-refractivity contribution in [1.82, 2.24) is 15.1 Å². The molecule has 0 aromatic rings. The van der Waals surface area contributed by atoms with Gasteiger partial charge in [0.05, 0.1) is 13.2 Å². The Kier molecular flexibility index (Phi) is 7.42. The van der Waals surface area contributed by atoms with Crippen LogP contribution in [-0.2, 0) is 9.53 Å². The van der Waals surface area contributed by atoms with Crippen LogP contribution in [-0.4, -0.2) is 72.3 Å². The van der Waals surface area contributed by atoms with E-state index >= 15 is 0 Å². The van der Waals surface area contributed by atoms with E-state index in [0.717, 1.165) is 24.2 Å². The van der Waals surface area contributed by atoms with E-state index in [9.17, 15) is 9.59 Å². The molecule has 0 spiro atoms. The van der Waals surface area contributed by atoms with Crippen LogP contribution in [0.3, 0.4) is 0 Å². The molecule has 1 heterocycles. The van der Waals surface area contributed by atoms with Crippen LogP contribution in [0.1, 0.15) is 45.4 Å². The molecule has 150 valence electrons. The van der Waals surface area contributed by atoms with Crippen LogP contribution in [0, 0.1) is 16.9 Å². The number of carboxylic acid groups (broad SMARTS) is 1. The second-order valence-electron chi connectivity index (χ2n) is 7.55. The Morgan fingerprint density at radius 3 is 2.56 bits per heavy atom. The van der Waals surface area contributed by atoms with Crippen LogP contribution in [0.15, 0.2) is 4.99 Å². The van der Waals surface area contributed by atoms with Crippen molar-refractivity contribution in [3.63, 3.8) is 0 Å². The van der Waals surface area contributed by atoms with Crippen LogP contribution in [0.2, 0.25) is 0 Å². The molecule has 0 aromatic carbocycles. The highest BCUT2D eigenvalue weighted by Gasteiger charge is 2.32. The molecule has 0 bridgehead atoms. The van der Waals surface area contributed by atoms with Gasteiger partial charge in [0.1, 0.15) is 6.04 Å². The van der Waals surface area contributed by atoms with Gasteiger partial charge in [-0.05, 0) is 31.1 Å². The van der Waals surface area contributed by atoms with Gasteiger partial charge in [0, 0.05) is 20.1 Å². The summed E-state index contributed by atoms with van der Waals surface area (Å²) in [6.45, 7) is 4.14. The van der Waals surface area contributed by atoms with E-state index in [0.29, 0.717) is 32.7 Å². The summed E-state index contributed by atoms with van der Waals surface area (Å²) >= 11 is 0. The maximum Gasteiger partial charge on any atom is 0.411 e. The summed E-state index contributed by atoms with van der Waals surface area (Å²) in [6, 6.07) is -0.795. The monoisotopic (exact) mass is 379 g/mol. The summed E-state index contributed by atoms with van der Waals surface area (Å²) in [7, 11) is 1.40. The van der Waals surface area contributed by atoms with Crippen molar-refractivity contribution in [1.29, 1.82) is 5.26 Å². The molecule has 1 aliphatic heterocycles. The number of nitrogens with one attached hydrogen (secondary N) is 1. The lowest BCUT2D eigenvalue weighted by Crippen LogP contribution is -2.50. The number of morpholine rings is 1. The van der Waals surface area contributed by atoms with Gasteiger partial charge in [0.15, 0.2) is 6.19 Å². The zero-order valence-corrected chi connectivity index (χ0v) is 16.1. The molecule has 1 saturated heterocycles. The summed E-state index contributed by atoms with van der Waals surface area (Å²) in [5.41, 5.74) is 0.179. The molecule has 1 atom stereocenters. The summed E-state index contributed by atoms with van der Waals surface area (Å²) in [4.78, 5) is 31.1. The number of likely N-dealkylation sites (N-methyl/N-ethyl adjacent to an activating group) is 1. The molecular formula is C18H29N5O4. The zero-order valence-electron chi connectivity index (χ0n) is 16.1. The predicted octanol–water partition coefficient (Wildman–Crippen LogP) is 1.61. The number of ether oxygens (including phenoxy) is 1. The minimum absolute atomic E-state index is 0.145. The van der Waals surface area contributed by atoms with Gasteiger partial charge >= 0.3 is 6.09 Å². The van der Waals surface area contributed by atoms with Gasteiger partial charge in [0.2, 0.25) is 5.96 Å². The Morgan fingerprint density at radius 2 is 2.00 bits per heavy atom. The third kappa shape index (κ3) is 6.10. The Morgan fingerprint density at radius 1 is 1.37 bits per heavy atom. The molecule has 9 heteroatoms. The quantitative estimate of drug-likeness (QED) is 0.324. The number of guanidine groups is 1.